The lowest BCUT2D eigenvalue weighted by Crippen LogP contribution is -2.11. The lowest BCUT2D eigenvalue weighted by atomic mass is 10.2. The van der Waals surface area contributed by atoms with Gasteiger partial charge in [0.2, 0.25) is 0 Å². The SMILES string of the molecule is O=C1CCCC1Sc1nnc(-c2ccc(Cl)cc2)n1Cc1ccccc1. The molecule has 0 aliphatic heterocycles. The molecule has 0 saturated heterocycles. The lowest BCUT2D eigenvalue weighted by Gasteiger charge is -2.12. The minimum Gasteiger partial charge on any atom is -0.298 e. The van der Waals surface area contributed by atoms with Crippen LogP contribution in [0.4, 0.5) is 0 Å². The molecule has 1 aliphatic carbocycles. The summed E-state index contributed by atoms with van der Waals surface area (Å²) in [5.74, 6) is 1.11. The van der Waals surface area contributed by atoms with Crippen LogP contribution in [-0.4, -0.2) is 25.8 Å². The second-order valence-electron chi connectivity index (χ2n) is 6.35. The molecule has 1 unspecified atom stereocenters. The molecule has 132 valence electrons. The lowest BCUT2D eigenvalue weighted by molar-refractivity contribution is -0.116. The highest BCUT2D eigenvalue weighted by Crippen LogP contribution is 2.34. The molecule has 4 rings (SSSR count). The van der Waals surface area contributed by atoms with E-state index in [2.05, 4.69) is 26.9 Å². The van der Waals surface area contributed by atoms with E-state index >= 15 is 0 Å². The number of hydrogen-bond acceptors (Lipinski definition) is 4. The molecule has 0 bridgehead atoms. The monoisotopic (exact) mass is 383 g/mol. The summed E-state index contributed by atoms with van der Waals surface area (Å²) in [4.78, 5) is 12.1. The number of Topliss-reactive ketones (excluding diaryl/α,β-unsaturated/α-hetero) is 1. The Balaban J connectivity index is 1.71. The number of nitrogens with zero attached hydrogens (tertiary/aromatic N) is 3. The Hall–Kier alpha value is -2.11. The van der Waals surface area contributed by atoms with Crippen molar-refractivity contribution in [1.82, 2.24) is 14.8 Å². The number of hydrogen-bond donors (Lipinski definition) is 0. The highest BCUT2D eigenvalue weighted by Gasteiger charge is 2.28. The summed E-state index contributed by atoms with van der Waals surface area (Å²) >= 11 is 7.56. The van der Waals surface area contributed by atoms with Crippen LogP contribution in [0.25, 0.3) is 11.4 Å². The third kappa shape index (κ3) is 3.69. The molecule has 0 radical (unpaired) electrons. The van der Waals surface area contributed by atoms with E-state index in [4.69, 9.17) is 11.6 Å². The number of aromatic nitrogens is 3. The molecule has 3 aromatic rings. The summed E-state index contributed by atoms with van der Waals surface area (Å²) < 4.78 is 2.09. The van der Waals surface area contributed by atoms with Gasteiger partial charge in [-0.3, -0.25) is 9.36 Å². The van der Waals surface area contributed by atoms with Gasteiger partial charge in [-0.05, 0) is 42.7 Å². The van der Waals surface area contributed by atoms with Gasteiger partial charge in [-0.15, -0.1) is 10.2 Å². The van der Waals surface area contributed by atoms with Gasteiger partial charge < -0.3 is 0 Å². The average molecular weight is 384 g/mol. The van der Waals surface area contributed by atoms with Crippen LogP contribution in [0.2, 0.25) is 5.02 Å². The number of ketones is 1. The maximum Gasteiger partial charge on any atom is 0.192 e. The van der Waals surface area contributed by atoms with E-state index < -0.39 is 0 Å². The third-order valence-electron chi connectivity index (χ3n) is 4.50. The van der Waals surface area contributed by atoms with Gasteiger partial charge in [-0.2, -0.15) is 0 Å². The van der Waals surface area contributed by atoms with Gasteiger partial charge in [0, 0.05) is 17.0 Å². The molecular weight excluding hydrogens is 366 g/mol. The number of halogens is 1. The normalized spacial score (nSPS) is 17.0. The summed E-state index contributed by atoms with van der Waals surface area (Å²) in [6.07, 6.45) is 2.56. The summed E-state index contributed by atoms with van der Waals surface area (Å²) in [5, 5.41) is 10.3. The topological polar surface area (TPSA) is 47.8 Å². The van der Waals surface area contributed by atoms with Gasteiger partial charge in [0.25, 0.3) is 0 Å². The van der Waals surface area contributed by atoms with Crippen molar-refractivity contribution in [1.29, 1.82) is 0 Å². The number of carbonyl (C=O) groups excluding carboxylic acids is 1. The number of carbonyl (C=O) groups is 1. The van der Waals surface area contributed by atoms with Crippen molar-refractivity contribution in [3.05, 3.63) is 65.2 Å². The molecule has 1 aliphatic rings. The molecule has 1 atom stereocenters. The molecule has 0 spiro atoms. The van der Waals surface area contributed by atoms with Crippen molar-refractivity contribution in [2.75, 3.05) is 0 Å². The number of rotatable bonds is 5. The first-order valence-electron chi connectivity index (χ1n) is 8.63. The van der Waals surface area contributed by atoms with Crippen molar-refractivity contribution in [2.45, 2.75) is 36.2 Å². The van der Waals surface area contributed by atoms with Gasteiger partial charge in [0.1, 0.15) is 5.78 Å². The fourth-order valence-corrected chi connectivity index (χ4v) is 4.41. The summed E-state index contributed by atoms with van der Waals surface area (Å²) in [5.41, 5.74) is 2.13. The minimum absolute atomic E-state index is 0.00760. The van der Waals surface area contributed by atoms with Crippen molar-refractivity contribution in [2.24, 2.45) is 0 Å². The van der Waals surface area contributed by atoms with Crippen molar-refractivity contribution in [3.8, 4) is 11.4 Å². The highest BCUT2D eigenvalue weighted by atomic mass is 35.5. The van der Waals surface area contributed by atoms with E-state index in [0.29, 0.717) is 23.8 Å². The van der Waals surface area contributed by atoms with E-state index in [-0.39, 0.29) is 5.25 Å². The third-order valence-corrected chi connectivity index (χ3v) is 6.05. The molecule has 1 fully saturated rings. The highest BCUT2D eigenvalue weighted by molar-refractivity contribution is 8.00. The maximum absolute atomic E-state index is 12.1. The summed E-state index contributed by atoms with van der Waals surface area (Å²) in [6.45, 7) is 0.662. The predicted octanol–water partition coefficient (Wildman–Crippen LogP) is 4.86. The Kier molecular flexibility index (Phi) is 5.09. The zero-order chi connectivity index (χ0) is 17.9. The van der Waals surface area contributed by atoms with Crippen LogP contribution in [0, 0.1) is 0 Å². The molecule has 4 nitrogen and oxygen atoms in total. The van der Waals surface area contributed by atoms with E-state index in [0.717, 1.165) is 29.4 Å². The van der Waals surface area contributed by atoms with Gasteiger partial charge in [-0.1, -0.05) is 53.7 Å². The second kappa shape index (κ2) is 7.64. The van der Waals surface area contributed by atoms with Crippen molar-refractivity contribution >= 4 is 29.1 Å². The van der Waals surface area contributed by atoms with E-state index in [1.807, 2.05) is 42.5 Å². The zero-order valence-corrected chi connectivity index (χ0v) is 15.7. The Morgan fingerprint density at radius 2 is 1.85 bits per heavy atom. The summed E-state index contributed by atoms with van der Waals surface area (Å²) in [7, 11) is 0. The largest absolute Gasteiger partial charge is 0.298 e. The average Bonchev–Trinajstić information content (AvgIpc) is 3.24. The van der Waals surface area contributed by atoms with Gasteiger partial charge in [0.05, 0.1) is 11.8 Å². The molecule has 1 aromatic heterocycles. The Morgan fingerprint density at radius 1 is 1.08 bits per heavy atom. The number of thioether (sulfide) groups is 1. The molecule has 1 heterocycles. The Labute approximate surface area is 161 Å². The Bertz CT molecular complexity index is 909. The zero-order valence-electron chi connectivity index (χ0n) is 14.1. The van der Waals surface area contributed by atoms with Crippen LogP contribution in [0.15, 0.2) is 59.8 Å². The van der Waals surface area contributed by atoms with Crippen LogP contribution < -0.4 is 0 Å². The quantitative estimate of drug-likeness (QED) is 0.631. The van der Waals surface area contributed by atoms with Gasteiger partial charge >= 0.3 is 0 Å². The first-order valence-corrected chi connectivity index (χ1v) is 9.89. The fourth-order valence-electron chi connectivity index (χ4n) is 3.13. The molecule has 0 amide bonds. The van der Waals surface area contributed by atoms with Crippen LogP contribution in [0.5, 0.6) is 0 Å². The van der Waals surface area contributed by atoms with Crippen LogP contribution in [0.1, 0.15) is 24.8 Å². The molecule has 26 heavy (non-hydrogen) atoms. The van der Waals surface area contributed by atoms with Crippen molar-refractivity contribution in [3.63, 3.8) is 0 Å². The summed E-state index contributed by atoms with van der Waals surface area (Å²) in [6, 6.07) is 17.8. The van der Waals surface area contributed by atoms with Crippen molar-refractivity contribution < 1.29 is 4.79 Å². The smallest absolute Gasteiger partial charge is 0.192 e. The molecular formula is C20H18ClN3OS. The predicted molar refractivity (Wildman–Crippen MR) is 105 cm³/mol. The molecule has 1 saturated carbocycles. The Morgan fingerprint density at radius 3 is 2.54 bits per heavy atom. The van der Waals surface area contributed by atoms with E-state index in [1.165, 1.54) is 17.3 Å². The van der Waals surface area contributed by atoms with E-state index in [9.17, 15) is 4.79 Å². The fraction of sp³-hybridized carbons (Fsp3) is 0.250. The standard InChI is InChI=1S/C20H18ClN3OS/c21-16-11-9-15(10-12-16)19-22-23-20(26-18-8-4-7-17(18)25)24(19)13-14-5-2-1-3-6-14/h1-3,5-6,9-12,18H,4,7-8,13H2. The number of benzene rings is 2. The second-order valence-corrected chi connectivity index (χ2v) is 7.96. The maximum atomic E-state index is 12.1. The van der Waals surface area contributed by atoms with Crippen LogP contribution in [-0.2, 0) is 11.3 Å². The van der Waals surface area contributed by atoms with Gasteiger partial charge in [-0.25, -0.2) is 0 Å². The first kappa shape index (κ1) is 17.3. The van der Waals surface area contributed by atoms with Crippen LogP contribution >= 0.6 is 23.4 Å². The molecule has 2 aromatic carbocycles. The molecule has 0 N–H and O–H groups in total. The van der Waals surface area contributed by atoms with Crippen LogP contribution in [0.3, 0.4) is 0 Å². The van der Waals surface area contributed by atoms with Gasteiger partial charge in [0.15, 0.2) is 11.0 Å². The first-order chi connectivity index (χ1) is 12.7. The minimum atomic E-state index is -0.00760. The van der Waals surface area contributed by atoms with E-state index in [1.54, 1.807) is 0 Å². The molecule has 6 heteroatoms.